The van der Waals surface area contributed by atoms with Crippen molar-refractivity contribution in [3.8, 4) is 0 Å². The van der Waals surface area contributed by atoms with Gasteiger partial charge in [-0.1, -0.05) is 45.0 Å². The second-order valence-electron chi connectivity index (χ2n) is 7.88. The number of alkyl halides is 3. The maximum atomic E-state index is 13.2. The third kappa shape index (κ3) is 3.10. The lowest BCUT2D eigenvalue weighted by Crippen LogP contribution is -2.33. The normalized spacial score (nSPS) is 22.2. The van der Waals surface area contributed by atoms with E-state index in [9.17, 15) is 18.0 Å². The number of Topliss-reactive ketones (excluding diaryl/α,β-unsaturated/α-hetero) is 1. The minimum atomic E-state index is -4.66. The van der Waals surface area contributed by atoms with Gasteiger partial charge >= 0.3 is 6.18 Å². The van der Waals surface area contributed by atoms with Gasteiger partial charge in [-0.3, -0.25) is 4.79 Å². The van der Waals surface area contributed by atoms with Crippen LogP contribution in [0, 0.1) is 5.92 Å². The zero-order valence-electron chi connectivity index (χ0n) is 15.8. The van der Waals surface area contributed by atoms with Gasteiger partial charge in [-0.25, -0.2) is 4.68 Å². The lowest BCUT2D eigenvalue weighted by atomic mass is 9.81. The van der Waals surface area contributed by atoms with Crippen LogP contribution in [0.15, 0.2) is 35.5 Å². The highest BCUT2D eigenvalue weighted by Crippen LogP contribution is 2.42. The molecule has 1 aliphatic heterocycles. The molecular weight excluding hydrogens is 369 g/mol. The fraction of sp³-hybridized carbons (Fsp3) is 0.450. The molecule has 0 unspecified atom stereocenters. The third-order valence-corrected chi connectivity index (χ3v) is 5.30. The molecule has 28 heavy (non-hydrogen) atoms. The molecule has 1 aromatic carbocycles. The summed E-state index contributed by atoms with van der Waals surface area (Å²) in [6.07, 6.45) is -3.69. The van der Waals surface area contributed by atoms with E-state index in [0.717, 1.165) is 11.1 Å². The van der Waals surface area contributed by atoms with Crippen molar-refractivity contribution in [2.45, 2.75) is 51.7 Å². The number of hydrogen-bond donors (Lipinski definition) is 1. The highest BCUT2D eigenvalue weighted by atomic mass is 19.4. The van der Waals surface area contributed by atoms with Gasteiger partial charge in [0, 0.05) is 17.7 Å². The van der Waals surface area contributed by atoms with Gasteiger partial charge in [0.25, 0.3) is 5.82 Å². The number of halogens is 3. The Morgan fingerprint density at radius 2 is 1.86 bits per heavy atom. The minimum Gasteiger partial charge on any atom is -0.328 e. The first-order valence-corrected chi connectivity index (χ1v) is 9.32. The number of rotatable bonds is 2. The molecule has 2 heterocycles. The van der Waals surface area contributed by atoms with Crippen LogP contribution in [0.3, 0.4) is 0 Å². The average Bonchev–Trinajstić information content (AvgIpc) is 3.03. The van der Waals surface area contributed by atoms with Gasteiger partial charge in [0.15, 0.2) is 5.78 Å². The van der Waals surface area contributed by atoms with E-state index < -0.39 is 18.0 Å². The van der Waals surface area contributed by atoms with Crippen LogP contribution in [0.25, 0.3) is 0 Å². The van der Waals surface area contributed by atoms with Crippen molar-refractivity contribution in [3.63, 3.8) is 0 Å². The fourth-order valence-corrected chi connectivity index (χ4v) is 3.90. The number of ketones is 1. The van der Waals surface area contributed by atoms with E-state index in [2.05, 4.69) is 29.2 Å². The van der Waals surface area contributed by atoms with Crippen molar-refractivity contribution in [2.24, 2.45) is 5.92 Å². The maximum Gasteiger partial charge on any atom is 0.453 e. The number of benzene rings is 1. The van der Waals surface area contributed by atoms with Crippen molar-refractivity contribution in [2.75, 3.05) is 5.32 Å². The molecule has 2 aliphatic rings. The molecule has 8 heteroatoms. The number of nitrogens with one attached hydrogen (secondary N) is 1. The molecule has 0 saturated carbocycles. The Kier molecular flexibility index (Phi) is 4.32. The molecule has 4 rings (SSSR count). The molecular formula is C20H21F3N4O. The summed E-state index contributed by atoms with van der Waals surface area (Å²) < 4.78 is 40.8. The Hall–Kier alpha value is -2.64. The summed E-state index contributed by atoms with van der Waals surface area (Å²) in [5.74, 6) is -0.800. The van der Waals surface area contributed by atoms with E-state index in [-0.39, 0.29) is 17.6 Å². The smallest absolute Gasteiger partial charge is 0.328 e. The summed E-state index contributed by atoms with van der Waals surface area (Å²) in [5.41, 5.74) is 2.98. The zero-order valence-corrected chi connectivity index (χ0v) is 15.8. The molecule has 0 bridgehead atoms. The summed E-state index contributed by atoms with van der Waals surface area (Å²) in [5, 5.41) is 6.64. The number of allylic oxidation sites excluding steroid dienone is 2. The topological polar surface area (TPSA) is 59.8 Å². The lowest BCUT2D eigenvalue weighted by molar-refractivity contribution is -0.145. The molecule has 1 N–H and O–H groups in total. The molecule has 0 radical (unpaired) electrons. The van der Waals surface area contributed by atoms with Crippen molar-refractivity contribution >= 4 is 11.7 Å². The largest absolute Gasteiger partial charge is 0.453 e. The molecule has 5 nitrogen and oxygen atoms in total. The summed E-state index contributed by atoms with van der Waals surface area (Å²) in [6.45, 7) is 6.09. The van der Waals surface area contributed by atoms with Crippen molar-refractivity contribution in [1.29, 1.82) is 0 Å². The predicted octanol–water partition coefficient (Wildman–Crippen LogP) is 4.69. The number of fused-ring (bicyclic) bond motifs is 1. The maximum absolute atomic E-state index is 13.2. The van der Waals surface area contributed by atoms with Crippen LogP contribution in [0.4, 0.5) is 19.1 Å². The Balaban J connectivity index is 1.87. The van der Waals surface area contributed by atoms with E-state index in [1.54, 1.807) is 0 Å². The van der Waals surface area contributed by atoms with Gasteiger partial charge in [-0.05, 0) is 29.4 Å². The molecule has 2 atom stereocenters. The molecule has 0 amide bonds. The number of anilines is 1. The predicted molar refractivity (Wildman–Crippen MR) is 97.7 cm³/mol. The Labute approximate surface area is 160 Å². The number of carbonyl (C=O) groups excluding carboxylic acids is 1. The Morgan fingerprint density at radius 1 is 1.18 bits per heavy atom. The molecule has 1 aromatic heterocycles. The Morgan fingerprint density at radius 3 is 2.46 bits per heavy atom. The number of carbonyl (C=O) groups is 1. The quantitative estimate of drug-likeness (QED) is 0.808. The Bertz CT molecular complexity index is 957. The van der Waals surface area contributed by atoms with Gasteiger partial charge < -0.3 is 5.32 Å². The van der Waals surface area contributed by atoms with E-state index in [1.807, 2.05) is 31.2 Å². The number of nitrogens with zero attached hydrogens (tertiary/aromatic N) is 3. The highest BCUT2D eigenvalue weighted by molar-refractivity contribution is 5.99. The monoisotopic (exact) mass is 390 g/mol. The molecule has 0 saturated heterocycles. The lowest BCUT2D eigenvalue weighted by Gasteiger charge is -2.34. The van der Waals surface area contributed by atoms with Crippen molar-refractivity contribution in [1.82, 2.24) is 14.8 Å². The first-order chi connectivity index (χ1) is 13.1. The van der Waals surface area contributed by atoms with Crippen molar-refractivity contribution in [3.05, 3.63) is 52.5 Å². The molecule has 148 valence electrons. The molecule has 0 fully saturated rings. The van der Waals surface area contributed by atoms with Crippen LogP contribution in [-0.2, 0) is 11.0 Å². The SMILES string of the molecule is CC(C)c1ccc([C@H]2C3=C(C[C@@H](C)CC3=O)Nc3nc(C(F)(F)F)nn32)cc1. The van der Waals surface area contributed by atoms with Gasteiger partial charge in [0.2, 0.25) is 5.95 Å². The first-order valence-electron chi connectivity index (χ1n) is 9.32. The fourth-order valence-electron chi connectivity index (χ4n) is 3.90. The second kappa shape index (κ2) is 6.46. The van der Waals surface area contributed by atoms with E-state index in [4.69, 9.17) is 0 Å². The van der Waals surface area contributed by atoms with Crippen LogP contribution >= 0.6 is 0 Å². The second-order valence-corrected chi connectivity index (χ2v) is 7.88. The molecule has 2 aromatic rings. The van der Waals surface area contributed by atoms with Crippen LogP contribution < -0.4 is 5.32 Å². The van der Waals surface area contributed by atoms with Gasteiger partial charge in [0.1, 0.15) is 6.04 Å². The summed E-state index contributed by atoms with van der Waals surface area (Å²) in [7, 11) is 0. The van der Waals surface area contributed by atoms with Gasteiger partial charge in [-0.2, -0.15) is 18.2 Å². The highest BCUT2D eigenvalue weighted by Gasteiger charge is 2.42. The van der Waals surface area contributed by atoms with Crippen LogP contribution in [0.1, 0.15) is 62.5 Å². The third-order valence-electron chi connectivity index (χ3n) is 5.30. The minimum absolute atomic E-state index is 0.0194. The number of hydrogen-bond acceptors (Lipinski definition) is 4. The van der Waals surface area contributed by atoms with Crippen LogP contribution in [0.2, 0.25) is 0 Å². The molecule has 1 aliphatic carbocycles. The summed E-state index contributed by atoms with van der Waals surface area (Å²) >= 11 is 0. The zero-order chi connectivity index (χ0) is 20.2. The first kappa shape index (κ1) is 18.7. The van der Waals surface area contributed by atoms with Crippen LogP contribution in [-0.4, -0.2) is 20.5 Å². The standard InChI is InChI=1S/C20H21F3N4O/c1-10(2)12-4-6-13(7-5-12)17-16-14(8-11(3)9-15(16)28)24-19-25-18(20(21,22)23)26-27(17)19/h4-7,10-11,17H,8-9H2,1-3H3,(H,24,25,26)/t11-,17+/m1/s1. The van der Waals surface area contributed by atoms with Gasteiger partial charge in [0.05, 0.1) is 0 Å². The number of aromatic nitrogens is 3. The summed E-state index contributed by atoms with van der Waals surface area (Å²) in [4.78, 5) is 16.5. The van der Waals surface area contributed by atoms with Crippen molar-refractivity contribution < 1.29 is 18.0 Å². The van der Waals surface area contributed by atoms with E-state index in [1.165, 1.54) is 4.68 Å². The average molecular weight is 390 g/mol. The molecule has 0 spiro atoms. The van der Waals surface area contributed by atoms with Gasteiger partial charge in [-0.15, -0.1) is 5.10 Å². The van der Waals surface area contributed by atoms with E-state index >= 15 is 0 Å². The van der Waals surface area contributed by atoms with E-state index in [0.29, 0.717) is 30.0 Å². The van der Waals surface area contributed by atoms with Crippen LogP contribution in [0.5, 0.6) is 0 Å². The summed E-state index contributed by atoms with van der Waals surface area (Å²) in [6, 6.07) is 6.90.